The summed E-state index contributed by atoms with van der Waals surface area (Å²) in [4.78, 5) is 37.5. The van der Waals surface area contributed by atoms with Gasteiger partial charge in [0.25, 0.3) is 5.91 Å². The smallest absolute Gasteiger partial charge is 0.349 e. The van der Waals surface area contributed by atoms with Gasteiger partial charge in [-0.15, -0.1) is 0 Å². The predicted octanol–water partition coefficient (Wildman–Crippen LogP) is 1.84. The van der Waals surface area contributed by atoms with Gasteiger partial charge in [-0.2, -0.15) is 0 Å². The lowest BCUT2D eigenvalue weighted by atomic mass is 10.1. The molecule has 1 N–H and O–H groups in total. The maximum Gasteiger partial charge on any atom is 0.349 e. The van der Waals surface area contributed by atoms with E-state index in [-0.39, 0.29) is 24.8 Å². The van der Waals surface area contributed by atoms with E-state index >= 15 is 0 Å². The molecule has 2 amide bonds. The molecule has 1 aliphatic heterocycles. The van der Waals surface area contributed by atoms with Crippen molar-refractivity contribution in [2.75, 3.05) is 24.6 Å². The largest absolute Gasteiger partial charge is 0.475 e. The molecular formula is C21H21FN2O5. The number of benzene rings is 2. The lowest BCUT2D eigenvalue weighted by Crippen LogP contribution is -2.47. The van der Waals surface area contributed by atoms with E-state index in [1.54, 1.807) is 42.5 Å². The van der Waals surface area contributed by atoms with Crippen LogP contribution in [0.3, 0.4) is 0 Å². The second-order valence-corrected chi connectivity index (χ2v) is 6.50. The Labute approximate surface area is 167 Å². The number of para-hydroxylation sites is 2. The molecule has 3 rings (SSSR count). The fourth-order valence-corrected chi connectivity index (χ4v) is 2.97. The Morgan fingerprint density at radius 3 is 2.66 bits per heavy atom. The fourth-order valence-electron chi connectivity index (χ4n) is 2.97. The molecule has 0 saturated heterocycles. The van der Waals surface area contributed by atoms with E-state index in [2.05, 4.69) is 5.32 Å². The van der Waals surface area contributed by atoms with Crippen LogP contribution in [0.1, 0.15) is 12.5 Å². The van der Waals surface area contributed by atoms with Crippen molar-refractivity contribution in [3.63, 3.8) is 0 Å². The van der Waals surface area contributed by atoms with Gasteiger partial charge < -0.3 is 19.7 Å². The zero-order valence-corrected chi connectivity index (χ0v) is 15.9. The van der Waals surface area contributed by atoms with E-state index in [1.807, 2.05) is 0 Å². The quantitative estimate of drug-likeness (QED) is 0.748. The predicted molar refractivity (Wildman–Crippen MR) is 103 cm³/mol. The molecule has 7 nitrogen and oxygen atoms in total. The number of halogens is 1. The van der Waals surface area contributed by atoms with Crippen molar-refractivity contribution in [1.29, 1.82) is 0 Å². The number of hydrogen-bond donors (Lipinski definition) is 1. The molecule has 0 spiro atoms. The number of nitrogens with zero attached hydrogens (tertiary/aromatic N) is 1. The second kappa shape index (κ2) is 9.18. The molecule has 0 unspecified atom stereocenters. The van der Waals surface area contributed by atoms with E-state index in [1.165, 1.54) is 17.9 Å². The van der Waals surface area contributed by atoms with Crippen LogP contribution in [0, 0.1) is 5.82 Å². The van der Waals surface area contributed by atoms with Crippen molar-refractivity contribution in [1.82, 2.24) is 5.32 Å². The second-order valence-electron chi connectivity index (χ2n) is 6.50. The minimum absolute atomic E-state index is 0.0000824. The lowest BCUT2D eigenvalue weighted by molar-refractivity contribution is -0.155. The number of ether oxygens (including phenoxy) is 2. The number of fused-ring (bicyclic) bond motifs is 1. The summed E-state index contributed by atoms with van der Waals surface area (Å²) in [6.45, 7) is 1.12. The summed E-state index contributed by atoms with van der Waals surface area (Å²) in [6.07, 6.45) is -0.706. The van der Waals surface area contributed by atoms with Crippen molar-refractivity contribution < 1.29 is 28.2 Å². The summed E-state index contributed by atoms with van der Waals surface area (Å²) in [5, 5.41) is 2.57. The van der Waals surface area contributed by atoms with Gasteiger partial charge in [-0.05, 0) is 30.2 Å². The summed E-state index contributed by atoms with van der Waals surface area (Å²) >= 11 is 0. The molecule has 152 valence electrons. The summed E-state index contributed by atoms with van der Waals surface area (Å²) in [6, 6.07) is 13.2. The molecule has 0 aliphatic carbocycles. The van der Waals surface area contributed by atoms with Crippen LogP contribution in [-0.2, 0) is 25.5 Å². The molecule has 2 aromatic carbocycles. The molecule has 0 fully saturated rings. The molecule has 1 heterocycles. The summed E-state index contributed by atoms with van der Waals surface area (Å²) in [7, 11) is 0. The van der Waals surface area contributed by atoms with E-state index in [0.717, 1.165) is 0 Å². The molecule has 0 aromatic heterocycles. The Morgan fingerprint density at radius 2 is 1.90 bits per heavy atom. The number of anilines is 1. The number of amides is 2. The number of rotatable bonds is 6. The minimum atomic E-state index is -1.03. The highest BCUT2D eigenvalue weighted by molar-refractivity contribution is 5.95. The van der Waals surface area contributed by atoms with Crippen molar-refractivity contribution in [2.45, 2.75) is 19.4 Å². The van der Waals surface area contributed by atoms with Gasteiger partial charge in [0.1, 0.15) is 11.6 Å². The number of hydrogen-bond acceptors (Lipinski definition) is 5. The Bertz CT molecular complexity index is 917. The van der Waals surface area contributed by atoms with Crippen LogP contribution in [0.25, 0.3) is 0 Å². The van der Waals surface area contributed by atoms with Crippen LogP contribution in [0.2, 0.25) is 0 Å². The Balaban J connectivity index is 1.48. The van der Waals surface area contributed by atoms with Gasteiger partial charge in [0, 0.05) is 13.5 Å². The number of carbonyl (C=O) groups is 3. The van der Waals surface area contributed by atoms with Gasteiger partial charge >= 0.3 is 5.97 Å². The average molecular weight is 400 g/mol. The van der Waals surface area contributed by atoms with Gasteiger partial charge in [-0.25, -0.2) is 9.18 Å². The topological polar surface area (TPSA) is 84.9 Å². The summed E-state index contributed by atoms with van der Waals surface area (Å²) < 4.78 is 24.2. The van der Waals surface area contributed by atoms with Gasteiger partial charge in [0.15, 0.2) is 6.61 Å². The SMILES string of the molecule is CC(=O)N1C[C@H](C(=O)OCC(=O)NCCc2ccccc2F)Oc2ccccc21. The molecule has 0 radical (unpaired) electrons. The molecule has 29 heavy (non-hydrogen) atoms. The molecule has 0 saturated carbocycles. The van der Waals surface area contributed by atoms with E-state index in [4.69, 9.17) is 9.47 Å². The number of esters is 1. The van der Waals surface area contributed by atoms with E-state index in [0.29, 0.717) is 23.4 Å². The Morgan fingerprint density at radius 1 is 1.17 bits per heavy atom. The first-order valence-electron chi connectivity index (χ1n) is 9.16. The summed E-state index contributed by atoms with van der Waals surface area (Å²) in [5.41, 5.74) is 1.07. The Kier molecular flexibility index (Phi) is 6.43. The number of carbonyl (C=O) groups excluding carboxylic acids is 3. The highest BCUT2D eigenvalue weighted by Gasteiger charge is 2.33. The van der Waals surface area contributed by atoms with E-state index < -0.39 is 24.6 Å². The van der Waals surface area contributed by atoms with Crippen LogP contribution in [-0.4, -0.2) is 43.6 Å². The minimum Gasteiger partial charge on any atom is -0.475 e. The zero-order chi connectivity index (χ0) is 20.8. The standard InChI is InChI=1S/C21H21FN2O5/c1-14(25)24-12-19(29-18-9-5-4-8-17(18)24)21(27)28-13-20(26)23-11-10-15-6-2-3-7-16(15)22/h2-9,19H,10-13H2,1H3,(H,23,26)/t19-/m1/s1. The monoisotopic (exact) mass is 400 g/mol. The first-order chi connectivity index (χ1) is 14.0. The van der Waals surface area contributed by atoms with Crippen LogP contribution in [0.4, 0.5) is 10.1 Å². The maximum atomic E-state index is 13.5. The highest BCUT2D eigenvalue weighted by atomic mass is 19.1. The first kappa shape index (κ1) is 20.3. The van der Waals surface area contributed by atoms with E-state index in [9.17, 15) is 18.8 Å². The van der Waals surface area contributed by atoms with Gasteiger partial charge in [0.05, 0.1) is 12.2 Å². The van der Waals surface area contributed by atoms with Crippen molar-refractivity contribution in [3.8, 4) is 5.75 Å². The van der Waals surface area contributed by atoms with Crippen LogP contribution < -0.4 is 15.0 Å². The fraction of sp³-hybridized carbons (Fsp3) is 0.286. The molecule has 1 aliphatic rings. The summed E-state index contributed by atoms with van der Waals surface area (Å²) in [5.74, 6) is -1.42. The first-order valence-corrected chi connectivity index (χ1v) is 9.16. The molecule has 0 bridgehead atoms. The molecule has 2 aromatic rings. The van der Waals surface area contributed by atoms with Gasteiger partial charge in [0.2, 0.25) is 12.0 Å². The molecular weight excluding hydrogens is 379 g/mol. The van der Waals surface area contributed by atoms with Crippen LogP contribution in [0.5, 0.6) is 5.75 Å². The highest BCUT2D eigenvalue weighted by Crippen LogP contribution is 2.33. The molecule has 1 atom stereocenters. The third kappa shape index (κ3) is 5.10. The average Bonchev–Trinajstić information content (AvgIpc) is 2.72. The van der Waals surface area contributed by atoms with Crippen LogP contribution >= 0.6 is 0 Å². The third-order valence-corrected chi connectivity index (χ3v) is 4.44. The van der Waals surface area contributed by atoms with Gasteiger partial charge in [-0.3, -0.25) is 9.59 Å². The Hall–Kier alpha value is -3.42. The lowest BCUT2D eigenvalue weighted by Gasteiger charge is -2.33. The number of nitrogens with one attached hydrogen (secondary N) is 1. The van der Waals surface area contributed by atoms with Crippen molar-refractivity contribution in [3.05, 3.63) is 59.9 Å². The van der Waals surface area contributed by atoms with Crippen molar-refractivity contribution >= 4 is 23.5 Å². The zero-order valence-electron chi connectivity index (χ0n) is 15.9. The third-order valence-electron chi connectivity index (χ3n) is 4.44. The molecule has 8 heteroatoms. The maximum absolute atomic E-state index is 13.5. The normalized spacial score (nSPS) is 15.1. The van der Waals surface area contributed by atoms with Crippen molar-refractivity contribution in [2.24, 2.45) is 0 Å². The van der Waals surface area contributed by atoms with Crippen LogP contribution in [0.15, 0.2) is 48.5 Å². The van der Waals surface area contributed by atoms with Gasteiger partial charge in [-0.1, -0.05) is 30.3 Å².